The normalized spacial score (nSPS) is 10.4. The molecule has 2 aromatic rings. The predicted molar refractivity (Wildman–Crippen MR) is 74.6 cm³/mol. The van der Waals surface area contributed by atoms with Crippen molar-refractivity contribution in [3.63, 3.8) is 0 Å². The Morgan fingerprint density at radius 3 is 2.48 bits per heavy atom. The van der Waals surface area contributed by atoms with Gasteiger partial charge in [-0.05, 0) is 13.8 Å². The molecule has 0 radical (unpaired) electrons. The monoisotopic (exact) mass is 292 g/mol. The number of ether oxygens (including phenoxy) is 3. The van der Waals surface area contributed by atoms with Gasteiger partial charge in [-0.2, -0.15) is 0 Å². The number of hydrogen-bond donors (Lipinski definition) is 1. The number of carbonyl (C=O) groups is 2. The van der Waals surface area contributed by atoms with Crippen molar-refractivity contribution < 1.29 is 23.8 Å². The van der Waals surface area contributed by atoms with Crippen LogP contribution in [-0.4, -0.2) is 42.2 Å². The molecule has 0 bridgehead atoms. The molecule has 0 aliphatic rings. The molecule has 0 saturated carbocycles. The Labute approximate surface area is 121 Å². The van der Waals surface area contributed by atoms with Gasteiger partial charge in [-0.25, -0.2) is 14.6 Å². The first-order valence-electron chi connectivity index (χ1n) is 6.52. The summed E-state index contributed by atoms with van der Waals surface area (Å²) in [6.07, 6.45) is 1.49. The highest BCUT2D eigenvalue weighted by molar-refractivity contribution is 6.12. The van der Waals surface area contributed by atoms with E-state index >= 15 is 0 Å². The summed E-state index contributed by atoms with van der Waals surface area (Å²) >= 11 is 0. The first-order valence-corrected chi connectivity index (χ1v) is 6.52. The third kappa shape index (κ3) is 2.81. The van der Waals surface area contributed by atoms with Gasteiger partial charge in [-0.3, -0.25) is 0 Å². The Hall–Kier alpha value is -2.57. The highest BCUT2D eigenvalue weighted by atomic mass is 16.5. The first kappa shape index (κ1) is 14.8. The van der Waals surface area contributed by atoms with E-state index in [2.05, 4.69) is 9.97 Å². The number of methoxy groups -OCH3 is 1. The van der Waals surface area contributed by atoms with Crippen LogP contribution in [0.4, 0.5) is 0 Å². The lowest BCUT2D eigenvalue weighted by Gasteiger charge is -2.04. The lowest BCUT2D eigenvalue weighted by Crippen LogP contribution is -2.13. The third-order valence-electron chi connectivity index (χ3n) is 2.83. The zero-order valence-corrected chi connectivity index (χ0v) is 12.1. The number of esters is 2. The Morgan fingerprint density at radius 2 is 1.86 bits per heavy atom. The van der Waals surface area contributed by atoms with Crippen LogP contribution in [0.1, 0.15) is 34.7 Å². The highest BCUT2D eigenvalue weighted by Crippen LogP contribution is 2.26. The first-order chi connectivity index (χ1) is 10.1. The number of fused-ring (bicyclic) bond motifs is 1. The van der Waals surface area contributed by atoms with Crippen LogP contribution < -0.4 is 4.74 Å². The van der Waals surface area contributed by atoms with Gasteiger partial charge in [0.1, 0.15) is 11.3 Å². The molecule has 0 aliphatic carbocycles. The van der Waals surface area contributed by atoms with Crippen molar-refractivity contribution in [2.45, 2.75) is 13.8 Å². The molecule has 2 heterocycles. The van der Waals surface area contributed by atoms with Gasteiger partial charge in [0.15, 0.2) is 0 Å². The average Bonchev–Trinajstić information content (AvgIpc) is 2.86. The van der Waals surface area contributed by atoms with E-state index in [1.165, 1.54) is 13.3 Å². The maximum atomic E-state index is 12.1. The maximum Gasteiger partial charge on any atom is 0.355 e. The Morgan fingerprint density at radius 1 is 1.19 bits per heavy atom. The van der Waals surface area contributed by atoms with Crippen molar-refractivity contribution in [1.82, 2.24) is 9.97 Å². The molecule has 0 saturated heterocycles. The smallest absolute Gasteiger partial charge is 0.355 e. The predicted octanol–water partition coefficient (Wildman–Crippen LogP) is 1.92. The fourth-order valence-electron chi connectivity index (χ4n) is 1.96. The molecule has 0 aromatic carbocycles. The number of hydrogen-bond acceptors (Lipinski definition) is 6. The Kier molecular flexibility index (Phi) is 4.42. The van der Waals surface area contributed by atoms with Crippen LogP contribution in [0.5, 0.6) is 5.88 Å². The fourth-order valence-corrected chi connectivity index (χ4v) is 1.96. The number of rotatable bonds is 5. The van der Waals surface area contributed by atoms with Crippen molar-refractivity contribution >= 4 is 22.8 Å². The number of aromatic nitrogens is 2. The van der Waals surface area contributed by atoms with Crippen molar-refractivity contribution in [2.75, 3.05) is 20.3 Å². The fraction of sp³-hybridized carbons (Fsp3) is 0.357. The summed E-state index contributed by atoms with van der Waals surface area (Å²) in [5.74, 6) is -0.877. The molecule has 0 aliphatic heterocycles. The van der Waals surface area contributed by atoms with Gasteiger partial charge in [0.25, 0.3) is 0 Å². The van der Waals surface area contributed by atoms with Gasteiger partial charge in [-0.15, -0.1) is 0 Å². The molecule has 2 rings (SSSR count). The number of H-pyrrole nitrogens is 1. The van der Waals surface area contributed by atoms with Gasteiger partial charge in [0, 0.05) is 11.5 Å². The van der Waals surface area contributed by atoms with Crippen LogP contribution in [0.15, 0.2) is 12.3 Å². The van der Waals surface area contributed by atoms with E-state index in [1.54, 1.807) is 19.9 Å². The van der Waals surface area contributed by atoms with Gasteiger partial charge >= 0.3 is 11.9 Å². The van der Waals surface area contributed by atoms with Gasteiger partial charge in [0.2, 0.25) is 5.88 Å². The second-order valence-corrected chi connectivity index (χ2v) is 4.09. The number of nitrogens with one attached hydrogen (secondary N) is 1. The summed E-state index contributed by atoms with van der Waals surface area (Å²) in [5, 5.41) is 0.503. The molecule has 2 aromatic heterocycles. The SMILES string of the molecule is CCOC(=O)c1[nH]c2cnc(OC)cc2c1C(=O)OCC. The van der Waals surface area contributed by atoms with Crippen LogP contribution in [0.3, 0.4) is 0 Å². The topological polar surface area (TPSA) is 90.5 Å². The van der Waals surface area contributed by atoms with E-state index in [0.29, 0.717) is 16.8 Å². The number of aromatic amines is 1. The van der Waals surface area contributed by atoms with Crippen LogP contribution >= 0.6 is 0 Å². The van der Waals surface area contributed by atoms with E-state index in [4.69, 9.17) is 14.2 Å². The lowest BCUT2D eigenvalue weighted by atomic mass is 10.1. The summed E-state index contributed by atoms with van der Waals surface area (Å²) in [7, 11) is 1.47. The molecule has 1 N–H and O–H groups in total. The summed E-state index contributed by atoms with van der Waals surface area (Å²) < 4.78 is 15.0. The molecule has 0 spiro atoms. The van der Waals surface area contributed by atoms with Gasteiger partial charge < -0.3 is 19.2 Å². The minimum atomic E-state index is -0.615. The van der Waals surface area contributed by atoms with E-state index in [-0.39, 0.29) is 24.5 Å². The van der Waals surface area contributed by atoms with Gasteiger partial charge in [-0.1, -0.05) is 0 Å². The third-order valence-corrected chi connectivity index (χ3v) is 2.83. The largest absolute Gasteiger partial charge is 0.481 e. The second-order valence-electron chi connectivity index (χ2n) is 4.09. The second kappa shape index (κ2) is 6.25. The quantitative estimate of drug-likeness (QED) is 0.847. The van der Waals surface area contributed by atoms with Crippen molar-refractivity contribution in [3.05, 3.63) is 23.5 Å². The van der Waals surface area contributed by atoms with E-state index < -0.39 is 11.9 Å². The summed E-state index contributed by atoms with van der Waals surface area (Å²) in [6.45, 7) is 3.79. The Balaban J connectivity index is 2.63. The van der Waals surface area contributed by atoms with Crippen molar-refractivity contribution in [3.8, 4) is 5.88 Å². The number of nitrogens with zero attached hydrogens (tertiary/aromatic N) is 1. The zero-order chi connectivity index (χ0) is 15.4. The molecule has 0 fully saturated rings. The van der Waals surface area contributed by atoms with E-state index in [9.17, 15) is 9.59 Å². The number of pyridine rings is 1. The van der Waals surface area contributed by atoms with Crippen LogP contribution in [0.2, 0.25) is 0 Å². The zero-order valence-electron chi connectivity index (χ0n) is 12.1. The highest BCUT2D eigenvalue weighted by Gasteiger charge is 2.25. The van der Waals surface area contributed by atoms with Gasteiger partial charge in [0.05, 0.1) is 32.0 Å². The molecular weight excluding hydrogens is 276 g/mol. The standard InChI is InChI=1S/C14H16N2O5/c1-4-20-13(17)11-8-6-10(19-3)15-7-9(8)16-12(11)14(18)21-5-2/h6-7,16H,4-5H2,1-3H3. The summed E-state index contributed by atoms with van der Waals surface area (Å²) in [5.41, 5.74) is 0.716. The molecule has 7 nitrogen and oxygen atoms in total. The molecule has 0 amide bonds. The molecule has 112 valence electrons. The van der Waals surface area contributed by atoms with Crippen molar-refractivity contribution in [2.24, 2.45) is 0 Å². The van der Waals surface area contributed by atoms with Crippen molar-refractivity contribution in [1.29, 1.82) is 0 Å². The minimum Gasteiger partial charge on any atom is -0.481 e. The lowest BCUT2D eigenvalue weighted by molar-refractivity contribution is 0.0477. The van der Waals surface area contributed by atoms with Crippen LogP contribution in [-0.2, 0) is 9.47 Å². The maximum absolute atomic E-state index is 12.1. The molecule has 7 heteroatoms. The van der Waals surface area contributed by atoms with Crippen LogP contribution in [0.25, 0.3) is 10.9 Å². The van der Waals surface area contributed by atoms with E-state index in [1.807, 2.05) is 0 Å². The van der Waals surface area contributed by atoms with Crippen LogP contribution in [0, 0.1) is 0 Å². The van der Waals surface area contributed by atoms with E-state index in [0.717, 1.165) is 0 Å². The Bertz CT molecular complexity index is 677. The summed E-state index contributed by atoms with van der Waals surface area (Å²) in [4.78, 5) is 31.0. The molecule has 0 unspecified atom stereocenters. The summed E-state index contributed by atoms with van der Waals surface area (Å²) in [6, 6.07) is 1.57. The number of carbonyl (C=O) groups excluding carboxylic acids is 2. The average molecular weight is 292 g/mol. The molecule has 21 heavy (non-hydrogen) atoms. The molecule has 0 atom stereocenters. The minimum absolute atomic E-state index is 0.0559. The molecular formula is C14H16N2O5.